The SMILES string of the molecule is CC(C)c1nc(CCc2cc(=O)[nH]o2)n(-c2ccccc2)n1. The lowest BCUT2D eigenvalue weighted by Gasteiger charge is -2.04. The molecule has 1 aromatic carbocycles. The van der Waals surface area contributed by atoms with Gasteiger partial charge in [-0.3, -0.25) is 4.79 Å². The van der Waals surface area contributed by atoms with E-state index in [-0.39, 0.29) is 11.5 Å². The molecule has 0 bridgehead atoms. The number of aromatic amines is 1. The summed E-state index contributed by atoms with van der Waals surface area (Å²) in [7, 11) is 0. The van der Waals surface area contributed by atoms with E-state index in [9.17, 15) is 4.79 Å². The van der Waals surface area contributed by atoms with Crippen LogP contribution < -0.4 is 5.56 Å². The maximum absolute atomic E-state index is 11.1. The predicted molar refractivity (Wildman–Crippen MR) is 82.2 cm³/mol. The Bertz CT molecular complexity index is 799. The average molecular weight is 298 g/mol. The fourth-order valence-corrected chi connectivity index (χ4v) is 2.22. The largest absolute Gasteiger partial charge is 0.384 e. The van der Waals surface area contributed by atoms with Crippen LogP contribution in [-0.2, 0) is 12.8 Å². The minimum Gasteiger partial charge on any atom is -0.384 e. The van der Waals surface area contributed by atoms with Crippen LogP contribution in [-0.4, -0.2) is 19.9 Å². The van der Waals surface area contributed by atoms with E-state index in [0.29, 0.717) is 18.6 Å². The first kappa shape index (κ1) is 14.3. The number of H-pyrrole nitrogens is 1. The summed E-state index contributed by atoms with van der Waals surface area (Å²) < 4.78 is 6.95. The summed E-state index contributed by atoms with van der Waals surface area (Å²) in [6, 6.07) is 11.4. The number of nitrogens with one attached hydrogen (secondary N) is 1. The van der Waals surface area contributed by atoms with E-state index in [1.54, 1.807) is 0 Å². The third kappa shape index (κ3) is 3.00. The van der Waals surface area contributed by atoms with E-state index < -0.39 is 0 Å². The van der Waals surface area contributed by atoms with Gasteiger partial charge in [0.2, 0.25) is 0 Å². The fourth-order valence-electron chi connectivity index (χ4n) is 2.22. The molecule has 0 amide bonds. The average Bonchev–Trinajstić information content (AvgIpc) is 3.12. The summed E-state index contributed by atoms with van der Waals surface area (Å²) in [6.07, 6.45) is 1.25. The zero-order chi connectivity index (χ0) is 15.5. The Morgan fingerprint density at radius 1 is 1.23 bits per heavy atom. The van der Waals surface area contributed by atoms with Gasteiger partial charge in [0.15, 0.2) is 5.82 Å². The molecule has 2 aromatic heterocycles. The molecule has 6 heteroatoms. The quantitative estimate of drug-likeness (QED) is 0.785. The van der Waals surface area contributed by atoms with Gasteiger partial charge in [-0.25, -0.2) is 9.67 Å². The van der Waals surface area contributed by atoms with Gasteiger partial charge in [0.05, 0.1) is 5.69 Å². The van der Waals surface area contributed by atoms with Crippen molar-refractivity contribution in [1.29, 1.82) is 0 Å². The lowest BCUT2D eigenvalue weighted by atomic mass is 10.2. The maximum Gasteiger partial charge on any atom is 0.280 e. The Kier molecular flexibility index (Phi) is 3.91. The molecule has 114 valence electrons. The van der Waals surface area contributed by atoms with Crippen LogP contribution in [0.15, 0.2) is 45.7 Å². The highest BCUT2D eigenvalue weighted by atomic mass is 16.5. The number of hydrogen-bond donors (Lipinski definition) is 1. The highest BCUT2D eigenvalue weighted by Gasteiger charge is 2.14. The Labute approximate surface area is 127 Å². The molecule has 0 aliphatic heterocycles. The number of para-hydroxylation sites is 1. The van der Waals surface area contributed by atoms with Gasteiger partial charge in [0, 0.05) is 24.8 Å². The van der Waals surface area contributed by atoms with Gasteiger partial charge in [0.1, 0.15) is 11.6 Å². The van der Waals surface area contributed by atoms with Crippen molar-refractivity contribution >= 4 is 0 Å². The van der Waals surface area contributed by atoms with E-state index in [1.165, 1.54) is 6.07 Å². The Balaban J connectivity index is 1.90. The molecule has 2 heterocycles. The standard InChI is InChI=1S/C16H18N4O2/c1-11(2)16-17-14(9-8-13-10-15(21)19-22-13)20(18-16)12-6-4-3-5-7-12/h3-7,10-11H,8-9H2,1-2H3,(H,19,21). The first-order valence-electron chi connectivity index (χ1n) is 7.32. The van der Waals surface area contributed by atoms with E-state index in [0.717, 1.165) is 17.3 Å². The van der Waals surface area contributed by atoms with Gasteiger partial charge in [-0.2, -0.15) is 10.3 Å². The zero-order valence-electron chi connectivity index (χ0n) is 12.6. The van der Waals surface area contributed by atoms with Gasteiger partial charge in [-0.05, 0) is 12.1 Å². The summed E-state index contributed by atoms with van der Waals surface area (Å²) in [4.78, 5) is 15.7. The third-order valence-corrected chi connectivity index (χ3v) is 3.38. The first-order chi connectivity index (χ1) is 10.6. The summed E-state index contributed by atoms with van der Waals surface area (Å²) in [6.45, 7) is 4.14. The molecule has 0 saturated carbocycles. The molecule has 0 aliphatic rings. The topological polar surface area (TPSA) is 76.7 Å². The molecule has 0 aliphatic carbocycles. The number of benzene rings is 1. The second-order valence-electron chi connectivity index (χ2n) is 5.47. The Morgan fingerprint density at radius 2 is 2.00 bits per heavy atom. The predicted octanol–water partition coefficient (Wildman–Crippen LogP) is 2.46. The van der Waals surface area contributed by atoms with E-state index in [1.807, 2.05) is 35.0 Å². The fraction of sp³-hybridized carbons (Fsp3) is 0.312. The van der Waals surface area contributed by atoms with Crippen molar-refractivity contribution in [3.8, 4) is 5.69 Å². The Hall–Kier alpha value is -2.63. The molecule has 0 fully saturated rings. The summed E-state index contributed by atoms with van der Waals surface area (Å²) in [5, 5.41) is 6.90. The van der Waals surface area contributed by atoms with Gasteiger partial charge in [0.25, 0.3) is 5.56 Å². The number of aromatic nitrogens is 4. The number of nitrogens with zero attached hydrogens (tertiary/aromatic N) is 3. The molecule has 0 atom stereocenters. The van der Waals surface area contributed by atoms with Crippen LogP contribution in [0.5, 0.6) is 0 Å². The molecule has 1 N–H and O–H groups in total. The van der Waals surface area contributed by atoms with Gasteiger partial charge in [-0.15, -0.1) is 0 Å². The molecule has 3 rings (SSSR count). The Morgan fingerprint density at radius 3 is 2.64 bits per heavy atom. The molecule has 22 heavy (non-hydrogen) atoms. The molecule has 6 nitrogen and oxygen atoms in total. The van der Waals surface area contributed by atoms with Crippen molar-refractivity contribution in [3.63, 3.8) is 0 Å². The lowest BCUT2D eigenvalue weighted by Crippen LogP contribution is -2.04. The summed E-state index contributed by atoms with van der Waals surface area (Å²) in [5.74, 6) is 2.56. The molecule has 0 radical (unpaired) electrons. The van der Waals surface area contributed by atoms with Crippen molar-refractivity contribution in [2.24, 2.45) is 0 Å². The molecular weight excluding hydrogens is 280 g/mol. The van der Waals surface area contributed by atoms with Crippen molar-refractivity contribution < 1.29 is 4.52 Å². The van der Waals surface area contributed by atoms with Crippen molar-refractivity contribution in [3.05, 3.63) is 64.2 Å². The van der Waals surface area contributed by atoms with Crippen LogP contribution in [0.4, 0.5) is 0 Å². The number of aryl methyl sites for hydroxylation is 2. The van der Waals surface area contributed by atoms with Crippen molar-refractivity contribution in [2.45, 2.75) is 32.6 Å². The van der Waals surface area contributed by atoms with Crippen molar-refractivity contribution in [1.82, 2.24) is 19.9 Å². The first-order valence-corrected chi connectivity index (χ1v) is 7.32. The smallest absolute Gasteiger partial charge is 0.280 e. The molecule has 3 aromatic rings. The van der Waals surface area contributed by atoms with Gasteiger partial charge in [-0.1, -0.05) is 32.0 Å². The van der Waals surface area contributed by atoms with Gasteiger partial charge >= 0.3 is 0 Å². The maximum atomic E-state index is 11.1. The minimum atomic E-state index is -0.220. The van der Waals surface area contributed by atoms with Crippen LogP contribution in [0.25, 0.3) is 5.69 Å². The van der Waals surface area contributed by atoms with Crippen LogP contribution in [0.3, 0.4) is 0 Å². The summed E-state index contributed by atoms with van der Waals surface area (Å²) in [5.41, 5.74) is 0.759. The van der Waals surface area contributed by atoms with E-state index >= 15 is 0 Å². The monoisotopic (exact) mass is 298 g/mol. The second kappa shape index (κ2) is 6.01. The van der Waals surface area contributed by atoms with Crippen LogP contribution >= 0.6 is 0 Å². The zero-order valence-corrected chi connectivity index (χ0v) is 12.6. The lowest BCUT2D eigenvalue weighted by molar-refractivity contribution is 0.377. The van der Waals surface area contributed by atoms with E-state index in [4.69, 9.17) is 4.52 Å². The molecular formula is C16H18N4O2. The number of hydrogen-bond acceptors (Lipinski definition) is 4. The number of rotatable bonds is 5. The van der Waals surface area contributed by atoms with Crippen LogP contribution in [0, 0.1) is 0 Å². The minimum absolute atomic E-state index is 0.220. The molecule has 0 spiro atoms. The molecule has 0 saturated heterocycles. The van der Waals surface area contributed by atoms with Crippen LogP contribution in [0.2, 0.25) is 0 Å². The third-order valence-electron chi connectivity index (χ3n) is 3.38. The highest BCUT2D eigenvalue weighted by molar-refractivity contribution is 5.31. The normalized spacial score (nSPS) is 11.2. The summed E-state index contributed by atoms with van der Waals surface area (Å²) >= 11 is 0. The van der Waals surface area contributed by atoms with E-state index in [2.05, 4.69) is 29.1 Å². The highest BCUT2D eigenvalue weighted by Crippen LogP contribution is 2.16. The molecule has 0 unspecified atom stereocenters. The van der Waals surface area contributed by atoms with Crippen molar-refractivity contribution in [2.75, 3.05) is 0 Å². The van der Waals surface area contributed by atoms with Gasteiger partial charge < -0.3 is 4.52 Å². The van der Waals surface area contributed by atoms with Crippen LogP contribution in [0.1, 0.15) is 37.2 Å². The second-order valence-corrected chi connectivity index (χ2v) is 5.47.